The maximum Gasteiger partial charge on any atom is 0.260 e. The van der Waals surface area contributed by atoms with Gasteiger partial charge in [-0.3, -0.25) is 4.79 Å². The molecule has 0 atom stereocenters. The molecule has 192 valence electrons. The van der Waals surface area contributed by atoms with E-state index in [9.17, 15) is 20.1 Å². The Morgan fingerprint density at radius 2 is 1.50 bits per heavy atom. The number of nitrogens with zero attached hydrogens (tertiary/aromatic N) is 2. The predicted octanol–water partition coefficient (Wildman–Crippen LogP) is 7.34. The molecule has 0 aromatic heterocycles. The van der Waals surface area contributed by atoms with Crippen LogP contribution in [0.15, 0.2) is 65.3 Å². The minimum atomic E-state index is -0.304. The van der Waals surface area contributed by atoms with Gasteiger partial charge in [0, 0.05) is 25.2 Å². The van der Waals surface area contributed by atoms with Crippen molar-refractivity contribution in [2.24, 2.45) is 0 Å². The van der Waals surface area contributed by atoms with Gasteiger partial charge in [0.1, 0.15) is 22.9 Å². The van der Waals surface area contributed by atoms with Gasteiger partial charge >= 0.3 is 0 Å². The van der Waals surface area contributed by atoms with E-state index in [-0.39, 0.29) is 29.7 Å². The van der Waals surface area contributed by atoms with Crippen LogP contribution >= 0.6 is 0 Å². The Bertz CT molecular complexity index is 1210. The Balaban J connectivity index is 1.88. The first-order valence-corrected chi connectivity index (χ1v) is 12.6. The minimum absolute atomic E-state index is 0.0403. The monoisotopic (exact) mass is 490 g/mol. The summed E-state index contributed by atoms with van der Waals surface area (Å²) < 4.78 is 0. The predicted molar refractivity (Wildman–Crippen MR) is 148 cm³/mol. The molecular weight excluding hydrogens is 452 g/mol. The maximum atomic E-state index is 13.7. The molecule has 0 saturated heterocycles. The summed E-state index contributed by atoms with van der Waals surface area (Å²) in [4.78, 5) is 16.9. The topological polar surface area (TPSA) is 84.2 Å². The van der Waals surface area contributed by atoms with Gasteiger partial charge in [0.15, 0.2) is 0 Å². The van der Waals surface area contributed by atoms with Gasteiger partial charge in [-0.15, -0.1) is 0 Å². The van der Waals surface area contributed by atoms with Crippen LogP contribution in [-0.2, 0) is 0 Å². The molecule has 0 saturated carbocycles. The van der Waals surface area contributed by atoms with Crippen molar-refractivity contribution in [3.8, 4) is 17.2 Å². The van der Waals surface area contributed by atoms with E-state index in [2.05, 4.69) is 32.9 Å². The van der Waals surface area contributed by atoms with E-state index < -0.39 is 0 Å². The number of phenolic OH excluding ortho intramolecular Hbond substituents is 3. The lowest BCUT2D eigenvalue weighted by Gasteiger charge is -2.27. The summed E-state index contributed by atoms with van der Waals surface area (Å²) in [6.45, 7) is 11.0. The van der Waals surface area contributed by atoms with Crippen LogP contribution in [0.5, 0.6) is 17.2 Å². The van der Waals surface area contributed by atoms with E-state index in [0.717, 1.165) is 31.3 Å². The van der Waals surface area contributed by atoms with Crippen molar-refractivity contribution in [1.82, 2.24) is 0 Å². The van der Waals surface area contributed by atoms with Crippen LogP contribution in [0.4, 0.5) is 17.1 Å². The van der Waals surface area contributed by atoms with E-state index in [1.54, 1.807) is 21.9 Å². The van der Waals surface area contributed by atoms with Crippen LogP contribution in [0.3, 0.4) is 0 Å². The molecule has 0 radical (unpaired) electrons. The summed E-state index contributed by atoms with van der Waals surface area (Å²) in [5.41, 5.74) is 5.33. The van der Waals surface area contributed by atoms with Gasteiger partial charge in [-0.05, 0) is 72.4 Å². The number of phenols is 3. The van der Waals surface area contributed by atoms with Gasteiger partial charge in [-0.1, -0.05) is 41.0 Å². The molecule has 1 amide bonds. The van der Waals surface area contributed by atoms with Crippen molar-refractivity contribution in [1.29, 1.82) is 0 Å². The average molecular weight is 491 g/mol. The number of allylic oxidation sites excluding steroid dienone is 5. The van der Waals surface area contributed by atoms with E-state index in [4.69, 9.17) is 0 Å². The summed E-state index contributed by atoms with van der Waals surface area (Å²) in [7, 11) is 0. The van der Waals surface area contributed by atoms with E-state index in [1.165, 1.54) is 29.3 Å². The lowest BCUT2D eigenvalue weighted by molar-refractivity contribution is 0.0990. The number of hydrogen-bond acceptors (Lipinski definition) is 5. The second kappa shape index (κ2) is 11.8. The van der Waals surface area contributed by atoms with E-state index >= 15 is 0 Å². The first kappa shape index (κ1) is 26.9. The third-order valence-corrected chi connectivity index (χ3v) is 6.44. The molecule has 1 aliphatic rings. The molecule has 6 nitrogen and oxygen atoms in total. The molecule has 0 fully saturated rings. The van der Waals surface area contributed by atoms with Crippen LogP contribution in [0.2, 0.25) is 0 Å². The third-order valence-electron chi connectivity index (χ3n) is 6.44. The van der Waals surface area contributed by atoms with Crippen LogP contribution in [0.1, 0.15) is 70.7 Å². The summed E-state index contributed by atoms with van der Waals surface area (Å²) in [6.07, 6.45) is 10.5. The SMILES string of the molecule is CCN1c2c(O)cccc2C(=O)N(CC=C(C)CCC=C(C)CCC=C(C)C)c2cc(O)cc(O)c21. The van der Waals surface area contributed by atoms with Crippen LogP contribution in [0.25, 0.3) is 0 Å². The normalized spacial score (nSPS) is 13.9. The minimum Gasteiger partial charge on any atom is -0.508 e. The Labute approximate surface area is 214 Å². The molecular formula is C30H38N2O4. The largest absolute Gasteiger partial charge is 0.508 e. The van der Waals surface area contributed by atoms with Crippen molar-refractivity contribution in [3.63, 3.8) is 0 Å². The van der Waals surface area contributed by atoms with Gasteiger partial charge in [-0.25, -0.2) is 0 Å². The molecule has 1 heterocycles. The maximum absolute atomic E-state index is 13.7. The summed E-state index contributed by atoms with van der Waals surface area (Å²) >= 11 is 0. The summed E-state index contributed by atoms with van der Waals surface area (Å²) in [6, 6.07) is 7.58. The van der Waals surface area contributed by atoms with E-state index in [1.807, 2.05) is 19.9 Å². The fourth-order valence-electron chi connectivity index (χ4n) is 4.51. The summed E-state index contributed by atoms with van der Waals surface area (Å²) in [5, 5.41) is 31.7. The molecule has 2 aromatic carbocycles. The molecule has 6 heteroatoms. The Kier molecular flexibility index (Phi) is 8.86. The van der Waals surface area contributed by atoms with Gasteiger partial charge in [0.25, 0.3) is 5.91 Å². The quantitative estimate of drug-likeness (QED) is 0.320. The van der Waals surface area contributed by atoms with Crippen LogP contribution in [0, 0.1) is 0 Å². The average Bonchev–Trinajstić information content (AvgIpc) is 2.90. The van der Waals surface area contributed by atoms with Crippen LogP contribution < -0.4 is 9.80 Å². The number of para-hydroxylation sites is 1. The Morgan fingerprint density at radius 1 is 0.833 bits per heavy atom. The Morgan fingerprint density at radius 3 is 2.17 bits per heavy atom. The highest BCUT2D eigenvalue weighted by Gasteiger charge is 2.34. The number of rotatable bonds is 9. The number of carbonyl (C=O) groups is 1. The number of anilines is 3. The van der Waals surface area contributed by atoms with Crippen LogP contribution in [-0.4, -0.2) is 34.3 Å². The molecule has 3 N–H and O–H groups in total. The fraction of sp³-hybridized carbons (Fsp3) is 0.367. The van der Waals surface area contributed by atoms with Crippen molar-refractivity contribution in [2.45, 2.75) is 60.3 Å². The van der Waals surface area contributed by atoms with Crippen molar-refractivity contribution >= 4 is 23.0 Å². The highest BCUT2D eigenvalue weighted by molar-refractivity contribution is 6.15. The molecule has 3 rings (SSSR count). The smallest absolute Gasteiger partial charge is 0.260 e. The van der Waals surface area contributed by atoms with Crippen molar-refractivity contribution < 1.29 is 20.1 Å². The highest BCUT2D eigenvalue weighted by atomic mass is 16.3. The van der Waals surface area contributed by atoms with E-state index in [0.29, 0.717) is 29.2 Å². The number of hydrogen-bond donors (Lipinski definition) is 3. The number of fused-ring (bicyclic) bond motifs is 2. The zero-order valence-corrected chi connectivity index (χ0v) is 22.0. The lowest BCUT2D eigenvalue weighted by atomic mass is 10.1. The second-order valence-electron chi connectivity index (χ2n) is 9.63. The second-order valence-corrected chi connectivity index (χ2v) is 9.63. The number of benzene rings is 2. The third kappa shape index (κ3) is 6.11. The zero-order valence-electron chi connectivity index (χ0n) is 22.0. The fourth-order valence-corrected chi connectivity index (χ4v) is 4.51. The summed E-state index contributed by atoms with van der Waals surface area (Å²) in [5.74, 6) is -0.636. The standard InChI is InChI=1S/C30H38N2O4/c1-6-31-28-24(14-9-15-26(28)34)30(36)32(25-18-23(33)19-27(35)29(25)31)17-16-22(5)13-8-12-21(4)11-7-10-20(2)3/h9-10,12,14-16,18-19,33-35H,6-8,11,13,17H2,1-5H3. The molecule has 0 aliphatic carbocycles. The molecule has 0 bridgehead atoms. The first-order valence-electron chi connectivity index (χ1n) is 12.6. The Hall–Kier alpha value is -3.67. The molecule has 36 heavy (non-hydrogen) atoms. The van der Waals surface area contributed by atoms with Crippen molar-refractivity contribution in [3.05, 3.63) is 70.8 Å². The lowest BCUT2D eigenvalue weighted by Crippen LogP contribution is -2.30. The van der Waals surface area contributed by atoms with Gasteiger partial charge in [0.05, 0.1) is 16.9 Å². The van der Waals surface area contributed by atoms with Gasteiger partial charge in [0.2, 0.25) is 0 Å². The molecule has 0 unspecified atom stereocenters. The van der Waals surface area contributed by atoms with Gasteiger partial charge in [-0.2, -0.15) is 0 Å². The zero-order chi connectivity index (χ0) is 26.4. The molecule has 0 spiro atoms. The number of aromatic hydroxyl groups is 3. The first-order chi connectivity index (χ1) is 17.1. The molecule has 1 aliphatic heterocycles. The number of amides is 1. The number of carbonyl (C=O) groups excluding carboxylic acids is 1. The highest BCUT2D eigenvalue weighted by Crippen LogP contribution is 2.49. The van der Waals surface area contributed by atoms with Gasteiger partial charge < -0.3 is 25.1 Å². The van der Waals surface area contributed by atoms with Crippen molar-refractivity contribution in [2.75, 3.05) is 22.9 Å². The molecule has 2 aromatic rings.